The lowest BCUT2D eigenvalue weighted by atomic mass is 9.85. The Bertz CT molecular complexity index is 165. The summed E-state index contributed by atoms with van der Waals surface area (Å²) in [5.41, 5.74) is 0. The second kappa shape index (κ2) is 7.90. The van der Waals surface area contributed by atoms with Crippen molar-refractivity contribution in [3.8, 4) is 0 Å². The minimum atomic E-state index is 0.232. The zero-order valence-electron chi connectivity index (χ0n) is 11.1. The predicted molar refractivity (Wildman–Crippen MR) is 66.9 cm³/mol. The fraction of sp³-hybridized carbons (Fsp3) is 0.929. The number of hydrogen-bond donors (Lipinski definition) is 0. The van der Waals surface area contributed by atoms with Gasteiger partial charge in [0.15, 0.2) is 0 Å². The van der Waals surface area contributed by atoms with Gasteiger partial charge in [0.1, 0.15) is 6.29 Å². The highest BCUT2D eigenvalue weighted by Gasteiger charge is 2.13. The third-order valence-corrected chi connectivity index (χ3v) is 3.31. The Morgan fingerprint density at radius 3 is 1.80 bits per heavy atom. The van der Waals surface area contributed by atoms with Crippen LogP contribution in [0.15, 0.2) is 0 Å². The van der Waals surface area contributed by atoms with Gasteiger partial charge in [0, 0.05) is 5.92 Å². The number of carbonyl (C=O) groups excluding carboxylic acids is 1. The molecule has 0 spiro atoms. The molecule has 0 amide bonds. The first-order valence-corrected chi connectivity index (χ1v) is 6.44. The average Bonchev–Trinajstić information content (AvgIpc) is 2.16. The fourth-order valence-corrected chi connectivity index (χ4v) is 2.42. The molecule has 1 heteroatoms. The number of hydrogen-bond acceptors (Lipinski definition) is 1. The van der Waals surface area contributed by atoms with E-state index in [0.717, 1.165) is 24.5 Å². The predicted octanol–water partition coefficient (Wildman–Crippen LogP) is 4.31. The van der Waals surface area contributed by atoms with E-state index in [1.807, 2.05) is 6.92 Å². The van der Waals surface area contributed by atoms with Gasteiger partial charge < -0.3 is 4.79 Å². The van der Waals surface area contributed by atoms with E-state index in [1.165, 1.54) is 19.3 Å². The van der Waals surface area contributed by atoms with Crippen LogP contribution < -0.4 is 0 Å². The summed E-state index contributed by atoms with van der Waals surface area (Å²) in [5, 5.41) is 0. The van der Waals surface area contributed by atoms with E-state index in [0.29, 0.717) is 5.92 Å². The van der Waals surface area contributed by atoms with Crippen LogP contribution >= 0.6 is 0 Å². The molecule has 0 heterocycles. The van der Waals surface area contributed by atoms with Gasteiger partial charge in [-0.05, 0) is 37.0 Å². The van der Waals surface area contributed by atoms with Gasteiger partial charge in [0.25, 0.3) is 0 Å². The summed E-state index contributed by atoms with van der Waals surface area (Å²) in [6, 6.07) is 0. The molecule has 0 aliphatic rings. The van der Waals surface area contributed by atoms with Crippen LogP contribution in [0.25, 0.3) is 0 Å². The number of rotatable bonds is 8. The third-order valence-electron chi connectivity index (χ3n) is 3.31. The lowest BCUT2D eigenvalue weighted by molar-refractivity contribution is -0.111. The second-order valence-corrected chi connectivity index (χ2v) is 5.54. The lowest BCUT2D eigenvalue weighted by Crippen LogP contribution is -2.10. The van der Waals surface area contributed by atoms with Crippen molar-refractivity contribution >= 4 is 6.29 Å². The monoisotopic (exact) mass is 212 g/mol. The largest absolute Gasteiger partial charge is 0.303 e. The summed E-state index contributed by atoms with van der Waals surface area (Å²) in [5.74, 6) is 2.56. The molecule has 4 atom stereocenters. The molecular weight excluding hydrogens is 184 g/mol. The lowest BCUT2D eigenvalue weighted by Gasteiger charge is -2.20. The minimum Gasteiger partial charge on any atom is -0.303 e. The van der Waals surface area contributed by atoms with Crippen molar-refractivity contribution in [3.63, 3.8) is 0 Å². The Morgan fingerprint density at radius 1 is 0.867 bits per heavy atom. The first kappa shape index (κ1) is 14.7. The van der Waals surface area contributed by atoms with E-state index >= 15 is 0 Å². The van der Waals surface area contributed by atoms with E-state index in [4.69, 9.17) is 0 Å². The van der Waals surface area contributed by atoms with Crippen LogP contribution in [0.2, 0.25) is 0 Å². The van der Waals surface area contributed by atoms with Gasteiger partial charge in [0.05, 0.1) is 0 Å². The van der Waals surface area contributed by atoms with Gasteiger partial charge in [-0.15, -0.1) is 0 Å². The average molecular weight is 212 g/mol. The molecule has 0 aliphatic heterocycles. The van der Waals surface area contributed by atoms with E-state index in [9.17, 15) is 4.79 Å². The van der Waals surface area contributed by atoms with Crippen LogP contribution in [0.3, 0.4) is 0 Å². The summed E-state index contributed by atoms with van der Waals surface area (Å²) in [6.45, 7) is 11.2. The van der Waals surface area contributed by atoms with E-state index in [2.05, 4.69) is 27.7 Å². The molecule has 0 fully saturated rings. The Kier molecular flexibility index (Phi) is 7.72. The van der Waals surface area contributed by atoms with E-state index in [-0.39, 0.29) is 5.92 Å². The smallest absolute Gasteiger partial charge is 0.122 e. The molecule has 0 saturated heterocycles. The van der Waals surface area contributed by atoms with Gasteiger partial charge >= 0.3 is 0 Å². The summed E-state index contributed by atoms with van der Waals surface area (Å²) >= 11 is 0. The van der Waals surface area contributed by atoms with Gasteiger partial charge in [-0.25, -0.2) is 0 Å². The maximum Gasteiger partial charge on any atom is 0.122 e. The zero-order chi connectivity index (χ0) is 11.8. The maximum atomic E-state index is 10.6. The molecule has 0 saturated carbocycles. The van der Waals surface area contributed by atoms with Gasteiger partial charge in [0.2, 0.25) is 0 Å². The van der Waals surface area contributed by atoms with Crippen molar-refractivity contribution in [2.45, 2.75) is 60.3 Å². The van der Waals surface area contributed by atoms with Crippen LogP contribution in [-0.4, -0.2) is 6.29 Å². The molecular formula is C14H28O. The topological polar surface area (TPSA) is 17.1 Å². The summed E-state index contributed by atoms with van der Waals surface area (Å²) in [7, 11) is 0. The second-order valence-electron chi connectivity index (χ2n) is 5.54. The molecule has 0 aromatic rings. The Labute approximate surface area is 95.6 Å². The number of carbonyl (C=O) groups is 1. The van der Waals surface area contributed by atoms with Crippen molar-refractivity contribution in [1.29, 1.82) is 0 Å². The van der Waals surface area contributed by atoms with Crippen molar-refractivity contribution in [3.05, 3.63) is 0 Å². The first-order chi connectivity index (χ1) is 6.99. The summed E-state index contributed by atoms with van der Waals surface area (Å²) in [4.78, 5) is 10.6. The SMILES string of the molecule is CC[C@@H](C)C[C@@H](C)C[C@@H](C)C[C@@H](C)C=O. The normalized spacial score (nSPS) is 19.3. The number of aldehydes is 1. The van der Waals surface area contributed by atoms with Gasteiger partial charge in [-0.3, -0.25) is 0 Å². The molecule has 1 nitrogen and oxygen atoms in total. The van der Waals surface area contributed by atoms with Crippen molar-refractivity contribution in [2.75, 3.05) is 0 Å². The highest BCUT2D eigenvalue weighted by Crippen LogP contribution is 2.24. The van der Waals surface area contributed by atoms with E-state index < -0.39 is 0 Å². The molecule has 0 N–H and O–H groups in total. The van der Waals surface area contributed by atoms with Crippen molar-refractivity contribution < 1.29 is 4.79 Å². The fourth-order valence-electron chi connectivity index (χ4n) is 2.42. The Hall–Kier alpha value is -0.330. The highest BCUT2D eigenvalue weighted by atomic mass is 16.1. The van der Waals surface area contributed by atoms with Gasteiger partial charge in [-0.2, -0.15) is 0 Å². The molecule has 0 aliphatic carbocycles. The Balaban J connectivity index is 3.75. The maximum absolute atomic E-state index is 10.6. The molecule has 0 radical (unpaired) electrons. The van der Waals surface area contributed by atoms with Crippen molar-refractivity contribution in [2.24, 2.45) is 23.7 Å². The molecule has 0 unspecified atom stereocenters. The minimum absolute atomic E-state index is 0.232. The molecule has 15 heavy (non-hydrogen) atoms. The third kappa shape index (κ3) is 7.58. The zero-order valence-corrected chi connectivity index (χ0v) is 11.1. The Morgan fingerprint density at radius 2 is 1.33 bits per heavy atom. The first-order valence-electron chi connectivity index (χ1n) is 6.44. The summed E-state index contributed by atoms with van der Waals surface area (Å²) < 4.78 is 0. The quantitative estimate of drug-likeness (QED) is 0.548. The van der Waals surface area contributed by atoms with Crippen LogP contribution in [0.5, 0.6) is 0 Å². The van der Waals surface area contributed by atoms with Gasteiger partial charge in [-0.1, -0.05) is 41.0 Å². The molecule has 0 aromatic heterocycles. The molecule has 90 valence electrons. The van der Waals surface area contributed by atoms with Crippen LogP contribution in [-0.2, 0) is 4.79 Å². The van der Waals surface area contributed by atoms with Crippen LogP contribution in [0.4, 0.5) is 0 Å². The highest BCUT2D eigenvalue weighted by molar-refractivity contribution is 5.52. The summed E-state index contributed by atoms with van der Waals surface area (Å²) in [6.07, 6.45) is 6.01. The molecule has 0 aromatic carbocycles. The van der Waals surface area contributed by atoms with Crippen molar-refractivity contribution in [1.82, 2.24) is 0 Å². The molecule has 0 bridgehead atoms. The van der Waals surface area contributed by atoms with Crippen LogP contribution in [0, 0.1) is 23.7 Å². The van der Waals surface area contributed by atoms with Crippen LogP contribution in [0.1, 0.15) is 60.3 Å². The molecule has 0 rings (SSSR count). The van der Waals surface area contributed by atoms with E-state index in [1.54, 1.807) is 0 Å². The standard InChI is InChI=1S/C14H28O/c1-6-11(2)7-12(3)8-13(4)9-14(5)10-15/h10-14H,6-9H2,1-5H3/t11-,12-,13-,14-/m1/s1.